The van der Waals surface area contributed by atoms with Crippen molar-refractivity contribution in [3.05, 3.63) is 23.4 Å². The van der Waals surface area contributed by atoms with Gasteiger partial charge >= 0.3 is 0 Å². The van der Waals surface area contributed by atoms with Gasteiger partial charge in [-0.15, -0.1) is 0 Å². The third-order valence-corrected chi connectivity index (χ3v) is 4.17. The maximum Gasteiger partial charge on any atom is 0.131 e. The van der Waals surface area contributed by atoms with Gasteiger partial charge in [0.25, 0.3) is 0 Å². The molecule has 3 heteroatoms. The minimum absolute atomic E-state index is 0.400. The first-order valence-electron chi connectivity index (χ1n) is 6.62. The van der Waals surface area contributed by atoms with Crippen LogP contribution in [0, 0.1) is 13.8 Å². The molecule has 1 aliphatic carbocycles. The van der Waals surface area contributed by atoms with Gasteiger partial charge in [0.15, 0.2) is 0 Å². The number of hydrogen-bond donors (Lipinski definition) is 1. The Morgan fingerprint density at radius 1 is 1.35 bits per heavy atom. The fourth-order valence-electron chi connectivity index (χ4n) is 3.11. The molecule has 1 aromatic rings. The molecule has 2 aliphatic rings. The summed E-state index contributed by atoms with van der Waals surface area (Å²) in [6.45, 7) is 7.58. The number of nitrogens with zero attached hydrogens (tertiary/aromatic N) is 2. The molecule has 1 saturated heterocycles. The maximum absolute atomic E-state index is 4.62. The van der Waals surface area contributed by atoms with E-state index in [0.29, 0.717) is 5.54 Å². The van der Waals surface area contributed by atoms with E-state index in [-0.39, 0.29) is 0 Å². The minimum atomic E-state index is 0.400. The van der Waals surface area contributed by atoms with E-state index in [0.717, 1.165) is 19.6 Å². The zero-order chi connectivity index (χ0) is 11.9. The molecule has 1 saturated carbocycles. The lowest BCUT2D eigenvalue weighted by Gasteiger charge is -2.50. The fourth-order valence-corrected chi connectivity index (χ4v) is 3.11. The van der Waals surface area contributed by atoms with Crippen LogP contribution in [0.15, 0.2) is 12.3 Å². The molecule has 1 N–H and O–H groups in total. The Morgan fingerprint density at radius 3 is 2.82 bits per heavy atom. The van der Waals surface area contributed by atoms with Gasteiger partial charge in [-0.25, -0.2) is 4.98 Å². The molecule has 1 aromatic heterocycles. The molecule has 0 radical (unpaired) electrons. The molecule has 3 nitrogen and oxygen atoms in total. The number of aryl methyl sites for hydroxylation is 2. The number of anilines is 1. The van der Waals surface area contributed by atoms with Gasteiger partial charge in [-0.2, -0.15) is 0 Å². The monoisotopic (exact) mass is 231 g/mol. The van der Waals surface area contributed by atoms with E-state index in [4.69, 9.17) is 0 Å². The van der Waals surface area contributed by atoms with E-state index in [1.54, 1.807) is 0 Å². The second kappa shape index (κ2) is 3.98. The van der Waals surface area contributed by atoms with Crippen LogP contribution in [0.2, 0.25) is 0 Å². The predicted octanol–water partition coefficient (Wildman–Crippen LogP) is 2.03. The molecular weight excluding hydrogens is 210 g/mol. The Kier molecular flexibility index (Phi) is 2.58. The van der Waals surface area contributed by atoms with Crippen LogP contribution in [-0.4, -0.2) is 30.2 Å². The summed E-state index contributed by atoms with van der Waals surface area (Å²) in [4.78, 5) is 7.09. The minimum Gasteiger partial charge on any atom is -0.353 e. The molecule has 2 heterocycles. The van der Waals surface area contributed by atoms with Gasteiger partial charge in [0.1, 0.15) is 5.82 Å². The van der Waals surface area contributed by atoms with Gasteiger partial charge in [-0.05, 0) is 44.2 Å². The molecule has 0 amide bonds. The van der Waals surface area contributed by atoms with E-state index < -0.39 is 0 Å². The zero-order valence-corrected chi connectivity index (χ0v) is 10.8. The SMILES string of the molecule is Cc1cnc(N2CCNC3(CCC3)C2)c(C)c1. The Hall–Kier alpha value is -1.09. The van der Waals surface area contributed by atoms with Gasteiger partial charge in [0.05, 0.1) is 0 Å². The van der Waals surface area contributed by atoms with Gasteiger partial charge in [0.2, 0.25) is 0 Å². The summed E-state index contributed by atoms with van der Waals surface area (Å²) in [5.41, 5.74) is 2.96. The average molecular weight is 231 g/mol. The zero-order valence-electron chi connectivity index (χ0n) is 10.8. The summed E-state index contributed by atoms with van der Waals surface area (Å²) < 4.78 is 0. The second-order valence-electron chi connectivity index (χ2n) is 5.64. The van der Waals surface area contributed by atoms with Gasteiger partial charge in [0, 0.05) is 31.4 Å². The van der Waals surface area contributed by atoms with E-state index in [9.17, 15) is 0 Å². The fraction of sp³-hybridized carbons (Fsp3) is 0.643. The Morgan fingerprint density at radius 2 is 2.18 bits per heavy atom. The van der Waals surface area contributed by atoms with Crippen molar-refractivity contribution < 1.29 is 0 Å². The first kappa shape index (κ1) is 11.0. The van der Waals surface area contributed by atoms with Crippen molar-refractivity contribution in [1.29, 1.82) is 0 Å². The molecule has 92 valence electrons. The topological polar surface area (TPSA) is 28.2 Å². The predicted molar refractivity (Wildman–Crippen MR) is 70.5 cm³/mol. The van der Waals surface area contributed by atoms with E-state index in [2.05, 4.69) is 35.1 Å². The van der Waals surface area contributed by atoms with Gasteiger partial charge in [-0.3, -0.25) is 0 Å². The summed E-state index contributed by atoms with van der Waals surface area (Å²) in [7, 11) is 0. The summed E-state index contributed by atoms with van der Waals surface area (Å²) in [5.74, 6) is 1.18. The number of aromatic nitrogens is 1. The van der Waals surface area contributed by atoms with Crippen LogP contribution in [0.5, 0.6) is 0 Å². The smallest absolute Gasteiger partial charge is 0.131 e. The largest absolute Gasteiger partial charge is 0.353 e. The average Bonchev–Trinajstić information content (AvgIpc) is 2.27. The van der Waals surface area contributed by atoms with Crippen molar-refractivity contribution in [2.45, 2.75) is 38.6 Å². The molecular formula is C14H21N3. The highest BCUT2D eigenvalue weighted by Crippen LogP contribution is 2.35. The molecule has 0 unspecified atom stereocenters. The summed E-state index contributed by atoms with van der Waals surface area (Å²) in [6, 6.07) is 2.23. The normalized spacial score (nSPS) is 22.6. The number of pyridine rings is 1. The number of hydrogen-bond acceptors (Lipinski definition) is 3. The Labute approximate surface area is 103 Å². The van der Waals surface area contributed by atoms with Crippen LogP contribution in [-0.2, 0) is 0 Å². The summed E-state index contributed by atoms with van der Waals surface area (Å²) >= 11 is 0. The van der Waals surface area contributed by atoms with Crippen molar-refractivity contribution in [1.82, 2.24) is 10.3 Å². The quantitative estimate of drug-likeness (QED) is 0.801. The standard InChI is InChI=1S/C14H21N3/c1-11-8-12(2)13(15-9-11)17-7-6-16-14(10-17)4-3-5-14/h8-9,16H,3-7,10H2,1-2H3. The first-order valence-corrected chi connectivity index (χ1v) is 6.62. The highest BCUT2D eigenvalue weighted by atomic mass is 15.3. The van der Waals surface area contributed by atoms with Crippen molar-refractivity contribution in [2.24, 2.45) is 0 Å². The summed E-state index contributed by atoms with van der Waals surface area (Å²) in [6.07, 6.45) is 6.02. The van der Waals surface area contributed by atoms with Crippen LogP contribution < -0.4 is 10.2 Å². The first-order chi connectivity index (χ1) is 8.19. The number of rotatable bonds is 1. The lowest BCUT2D eigenvalue weighted by atomic mass is 9.75. The molecule has 0 bridgehead atoms. The molecule has 1 spiro atoms. The second-order valence-corrected chi connectivity index (χ2v) is 5.64. The van der Waals surface area contributed by atoms with Crippen LogP contribution in [0.25, 0.3) is 0 Å². The van der Waals surface area contributed by atoms with Crippen molar-refractivity contribution in [3.8, 4) is 0 Å². The molecule has 1 aliphatic heterocycles. The summed E-state index contributed by atoms with van der Waals surface area (Å²) in [5, 5.41) is 3.69. The van der Waals surface area contributed by atoms with Gasteiger partial charge < -0.3 is 10.2 Å². The number of nitrogens with one attached hydrogen (secondary N) is 1. The van der Waals surface area contributed by atoms with E-state index >= 15 is 0 Å². The van der Waals surface area contributed by atoms with Crippen LogP contribution in [0.1, 0.15) is 30.4 Å². The van der Waals surface area contributed by atoms with Gasteiger partial charge in [-0.1, -0.05) is 6.07 Å². The Balaban J connectivity index is 1.83. The van der Waals surface area contributed by atoms with Crippen LogP contribution >= 0.6 is 0 Å². The highest BCUT2D eigenvalue weighted by molar-refractivity contribution is 5.48. The molecule has 0 aromatic carbocycles. The van der Waals surface area contributed by atoms with Crippen molar-refractivity contribution in [2.75, 3.05) is 24.5 Å². The van der Waals surface area contributed by atoms with Crippen LogP contribution in [0.3, 0.4) is 0 Å². The maximum atomic E-state index is 4.62. The highest BCUT2D eigenvalue weighted by Gasteiger charge is 2.40. The molecule has 3 rings (SSSR count). The lowest BCUT2D eigenvalue weighted by molar-refractivity contribution is 0.172. The van der Waals surface area contributed by atoms with E-state index in [1.807, 2.05) is 6.20 Å². The third-order valence-electron chi connectivity index (χ3n) is 4.17. The number of piperazine rings is 1. The Bertz CT molecular complexity index is 423. The molecule has 0 atom stereocenters. The third kappa shape index (κ3) is 1.93. The van der Waals surface area contributed by atoms with Crippen LogP contribution in [0.4, 0.5) is 5.82 Å². The molecule has 17 heavy (non-hydrogen) atoms. The molecule has 2 fully saturated rings. The van der Waals surface area contributed by atoms with Crippen molar-refractivity contribution >= 4 is 5.82 Å². The van der Waals surface area contributed by atoms with Crippen molar-refractivity contribution in [3.63, 3.8) is 0 Å². The van der Waals surface area contributed by atoms with E-state index in [1.165, 1.54) is 36.2 Å². The lowest BCUT2D eigenvalue weighted by Crippen LogP contribution is -2.64.